The lowest BCUT2D eigenvalue weighted by molar-refractivity contribution is -0.150. The Balaban J connectivity index is 2.47. The average Bonchev–Trinajstić information content (AvgIpc) is 2.65. The molecule has 0 saturated heterocycles. The van der Waals surface area contributed by atoms with Gasteiger partial charge in [-0.3, -0.25) is 9.59 Å². The van der Waals surface area contributed by atoms with Crippen molar-refractivity contribution in [2.24, 2.45) is 5.41 Å². The SMILES string of the molecule is CCOC(=O)/C=C/c1ccc(NC(=O)COC(=O)C(C)NC(=O)C(C)(C)C)cc1. The number of esters is 2. The van der Waals surface area contributed by atoms with Gasteiger partial charge >= 0.3 is 11.9 Å². The van der Waals surface area contributed by atoms with E-state index in [-0.39, 0.29) is 5.91 Å². The number of benzene rings is 1. The van der Waals surface area contributed by atoms with E-state index in [1.165, 1.54) is 13.0 Å². The van der Waals surface area contributed by atoms with Gasteiger partial charge in [-0.2, -0.15) is 0 Å². The fourth-order valence-corrected chi connectivity index (χ4v) is 1.96. The first-order chi connectivity index (χ1) is 13.5. The van der Waals surface area contributed by atoms with E-state index < -0.39 is 35.9 Å². The molecular weight excluding hydrogens is 376 g/mol. The monoisotopic (exact) mass is 404 g/mol. The molecule has 2 N–H and O–H groups in total. The Labute approximate surface area is 170 Å². The minimum Gasteiger partial charge on any atom is -0.463 e. The maximum Gasteiger partial charge on any atom is 0.330 e. The smallest absolute Gasteiger partial charge is 0.330 e. The molecule has 0 fully saturated rings. The summed E-state index contributed by atoms with van der Waals surface area (Å²) in [7, 11) is 0. The van der Waals surface area contributed by atoms with E-state index >= 15 is 0 Å². The number of rotatable bonds is 8. The molecule has 158 valence electrons. The molecule has 1 aromatic carbocycles. The summed E-state index contributed by atoms with van der Waals surface area (Å²) in [4.78, 5) is 47.0. The molecule has 1 aromatic rings. The van der Waals surface area contributed by atoms with Gasteiger partial charge in [0.15, 0.2) is 6.61 Å². The summed E-state index contributed by atoms with van der Waals surface area (Å²) in [6, 6.07) is 5.86. The van der Waals surface area contributed by atoms with Crippen LogP contribution < -0.4 is 10.6 Å². The van der Waals surface area contributed by atoms with Gasteiger partial charge in [0.25, 0.3) is 5.91 Å². The zero-order chi connectivity index (χ0) is 22.0. The molecule has 29 heavy (non-hydrogen) atoms. The number of anilines is 1. The summed E-state index contributed by atoms with van der Waals surface area (Å²) in [6.07, 6.45) is 2.91. The Morgan fingerprint density at radius 2 is 1.69 bits per heavy atom. The van der Waals surface area contributed by atoms with Crippen molar-refractivity contribution in [3.8, 4) is 0 Å². The van der Waals surface area contributed by atoms with Crippen LogP contribution in [0.2, 0.25) is 0 Å². The molecule has 2 amide bonds. The van der Waals surface area contributed by atoms with Crippen molar-refractivity contribution in [2.75, 3.05) is 18.5 Å². The number of amides is 2. The zero-order valence-electron chi connectivity index (χ0n) is 17.4. The Morgan fingerprint density at radius 1 is 1.07 bits per heavy atom. The van der Waals surface area contributed by atoms with Crippen LogP contribution in [-0.4, -0.2) is 43.0 Å². The molecule has 0 saturated carbocycles. The number of nitrogens with one attached hydrogen (secondary N) is 2. The minimum absolute atomic E-state index is 0.288. The standard InChI is InChI=1S/C21H28N2O6/c1-6-28-18(25)12-9-15-7-10-16(11-8-15)23-17(24)13-29-19(26)14(2)22-20(27)21(3,4)5/h7-12,14H,6,13H2,1-5H3,(H,22,27)(H,23,24)/b12-9+. The summed E-state index contributed by atoms with van der Waals surface area (Å²) >= 11 is 0. The highest BCUT2D eigenvalue weighted by Gasteiger charge is 2.26. The van der Waals surface area contributed by atoms with Crippen LogP contribution in [0.15, 0.2) is 30.3 Å². The predicted octanol–water partition coefficient (Wildman–Crippen LogP) is 2.30. The Morgan fingerprint density at radius 3 is 2.24 bits per heavy atom. The van der Waals surface area contributed by atoms with Crippen LogP contribution in [-0.2, 0) is 28.7 Å². The molecule has 1 rings (SSSR count). The van der Waals surface area contributed by atoms with Gasteiger partial charge in [0, 0.05) is 17.2 Å². The fourth-order valence-electron chi connectivity index (χ4n) is 1.96. The molecule has 0 aliphatic heterocycles. The number of hydrogen-bond donors (Lipinski definition) is 2. The van der Waals surface area contributed by atoms with Crippen molar-refractivity contribution in [1.82, 2.24) is 5.32 Å². The lowest BCUT2D eigenvalue weighted by Crippen LogP contribution is -2.45. The lowest BCUT2D eigenvalue weighted by Gasteiger charge is -2.20. The molecule has 0 heterocycles. The van der Waals surface area contributed by atoms with Crippen LogP contribution in [0.4, 0.5) is 5.69 Å². The van der Waals surface area contributed by atoms with Gasteiger partial charge in [-0.15, -0.1) is 0 Å². The van der Waals surface area contributed by atoms with E-state index in [4.69, 9.17) is 9.47 Å². The molecule has 0 aromatic heterocycles. The largest absolute Gasteiger partial charge is 0.463 e. The van der Waals surface area contributed by atoms with Crippen molar-refractivity contribution in [2.45, 2.75) is 40.7 Å². The third-order valence-electron chi connectivity index (χ3n) is 3.62. The number of hydrogen-bond acceptors (Lipinski definition) is 6. The van der Waals surface area contributed by atoms with Gasteiger partial charge in [0.05, 0.1) is 6.61 Å². The quantitative estimate of drug-likeness (QED) is 0.508. The van der Waals surface area contributed by atoms with Gasteiger partial charge in [-0.25, -0.2) is 9.59 Å². The van der Waals surface area contributed by atoms with Crippen molar-refractivity contribution in [1.29, 1.82) is 0 Å². The second-order valence-corrected chi connectivity index (χ2v) is 7.31. The normalized spacial score (nSPS) is 12.2. The average molecular weight is 404 g/mol. The Bertz CT molecular complexity index is 762. The second-order valence-electron chi connectivity index (χ2n) is 7.31. The number of ether oxygens (including phenoxy) is 2. The van der Waals surface area contributed by atoms with Gasteiger partial charge in [-0.1, -0.05) is 32.9 Å². The van der Waals surface area contributed by atoms with E-state index in [2.05, 4.69) is 10.6 Å². The summed E-state index contributed by atoms with van der Waals surface area (Å²) in [6.45, 7) is 8.23. The van der Waals surface area contributed by atoms with Crippen molar-refractivity contribution in [3.05, 3.63) is 35.9 Å². The molecule has 1 atom stereocenters. The fraction of sp³-hybridized carbons (Fsp3) is 0.429. The van der Waals surface area contributed by atoms with E-state index in [9.17, 15) is 19.2 Å². The first kappa shape index (κ1) is 23.9. The Hall–Kier alpha value is -3.16. The van der Waals surface area contributed by atoms with Gasteiger partial charge in [-0.05, 0) is 37.6 Å². The molecule has 1 unspecified atom stereocenters. The van der Waals surface area contributed by atoms with Crippen LogP contribution in [0.3, 0.4) is 0 Å². The van der Waals surface area contributed by atoms with Crippen molar-refractivity contribution in [3.63, 3.8) is 0 Å². The van der Waals surface area contributed by atoms with Crippen LogP contribution >= 0.6 is 0 Å². The van der Waals surface area contributed by atoms with Crippen LogP contribution in [0.5, 0.6) is 0 Å². The molecule has 8 heteroatoms. The Kier molecular flexibility index (Phi) is 9.05. The maximum atomic E-state index is 11.9. The summed E-state index contributed by atoms with van der Waals surface area (Å²) in [5, 5.41) is 5.14. The van der Waals surface area contributed by atoms with Crippen LogP contribution in [0, 0.1) is 5.41 Å². The molecule has 0 radical (unpaired) electrons. The third kappa shape index (κ3) is 9.05. The highest BCUT2D eigenvalue weighted by Crippen LogP contribution is 2.13. The molecule has 0 aliphatic carbocycles. The van der Waals surface area contributed by atoms with Gasteiger partial charge in [0.2, 0.25) is 5.91 Å². The molecule has 0 bridgehead atoms. The maximum absolute atomic E-state index is 11.9. The second kappa shape index (κ2) is 11.0. The number of carbonyl (C=O) groups is 4. The third-order valence-corrected chi connectivity index (χ3v) is 3.62. The van der Waals surface area contributed by atoms with Crippen LogP contribution in [0.1, 0.15) is 40.2 Å². The summed E-state index contributed by atoms with van der Waals surface area (Å²) in [5.41, 5.74) is 0.628. The molecule has 0 spiro atoms. The topological polar surface area (TPSA) is 111 Å². The minimum atomic E-state index is -0.861. The van der Waals surface area contributed by atoms with E-state index in [1.807, 2.05) is 0 Å². The highest BCUT2D eigenvalue weighted by molar-refractivity contribution is 5.94. The van der Waals surface area contributed by atoms with Crippen molar-refractivity contribution >= 4 is 35.5 Å². The van der Waals surface area contributed by atoms with Gasteiger partial charge in [0.1, 0.15) is 6.04 Å². The first-order valence-corrected chi connectivity index (χ1v) is 9.25. The van der Waals surface area contributed by atoms with Gasteiger partial charge < -0.3 is 20.1 Å². The lowest BCUT2D eigenvalue weighted by atomic mass is 9.95. The van der Waals surface area contributed by atoms with E-state index in [1.54, 1.807) is 58.0 Å². The first-order valence-electron chi connectivity index (χ1n) is 9.25. The molecular formula is C21H28N2O6. The van der Waals surface area contributed by atoms with E-state index in [0.29, 0.717) is 12.3 Å². The van der Waals surface area contributed by atoms with Crippen LogP contribution in [0.25, 0.3) is 6.08 Å². The number of carbonyl (C=O) groups excluding carboxylic acids is 4. The molecule has 8 nitrogen and oxygen atoms in total. The highest BCUT2D eigenvalue weighted by atomic mass is 16.5. The van der Waals surface area contributed by atoms with Crippen molar-refractivity contribution < 1.29 is 28.7 Å². The zero-order valence-corrected chi connectivity index (χ0v) is 17.4. The summed E-state index contributed by atoms with van der Waals surface area (Å²) < 4.78 is 9.73. The summed E-state index contributed by atoms with van der Waals surface area (Å²) in [5.74, 6) is -1.93. The van der Waals surface area contributed by atoms with E-state index in [0.717, 1.165) is 5.56 Å². The predicted molar refractivity (Wildman–Crippen MR) is 109 cm³/mol. The molecule has 0 aliphatic rings.